The summed E-state index contributed by atoms with van der Waals surface area (Å²) in [4.78, 5) is 23.8. The minimum atomic E-state index is -3.82. The summed E-state index contributed by atoms with van der Waals surface area (Å²) in [6.07, 6.45) is 0.581. The van der Waals surface area contributed by atoms with Crippen LogP contribution in [0.4, 0.5) is 9.52 Å². The monoisotopic (exact) mass is 490 g/mol. The highest BCUT2D eigenvalue weighted by molar-refractivity contribution is 7.92. The number of hydrogen-bond donors (Lipinski definition) is 0. The van der Waals surface area contributed by atoms with Crippen molar-refractivity contribution in [3.8, 4) is 0 Å². The predicted octanol–water partition coefficient (Wildman–Crippen LogP) is 3.06. The van der Waals surface area contributed by atoms with Crippen molar-refractivity contribution >= 4 is 32.5 Å². The maximum Gasteiger partial charge on any atom is 0.324 e. The van der Waals surface area contributed by atoms with Crippen LogP contribution in [-0.2, 0) is 25.9 Å². The van der Waals surface area contributed by atoms with Crippen LogP contribution in [0.25, 0.3) is 0 Å². The van der Waals surface area contributed by atoms with Crippen LogP contribution >= 0.6 is 11.5 Å². The number of benzene rings is 2. The maximum atomic E-state index is 13.4. The van der Waals surface area contributed by atoms with Gasteiger partial charge in [-0.3, -0.25) is 4.79 Å². The molecule has 0 radical (unpaired) electrons. The van der Waals surface area contributed by atoms with Gasteiger partial charge in [-0.15, -0.1) is 5.06 Å². The smallest absolute Gasteiger partial charge is 0.324 e. The average molecular weight is 491 g/mol. The second-order valence-corrected chi connectivity index (χ2v) is 10.3. The van der Waals surface area contributed by atoms with Gasteiger partial charge in [-0.05, 0) is 29.8 Å². The lowest BCUT2D eigenvalue weighted by Gasteiger charge is -2.38. The summed E-state index contributed by atoms with van der Waals surface area (Å²) < 4.78 is 44.3. The highest BCUT2D eigenvalue weighted by Crippen LogP contribution is 2.27. The Bertz CT molecular complexity index is 1200. The average Bonchev–Trinajstić information content (AvgIpc) is 3.29. The van der Waals surface area contributed by atoms with Crippen LogP contribution < -0.4 is 4.90 Å². The molecule has 0 aliphatic carbocycles. The fourth-order valence-electron chi connectivity index (χ4n) is 3.46. The van der Waals surface area contributed by atoms with Crippen LogP contribution in [0.5, 0.6) is 0 Å². The van der Waals surface area contributed by atoms with Crippen LogP contribution in [-0.4, -0.2) is 53.8 Å². The Morgan fingerprint density at radius 3 is 2.58 bits per heavy atom. The summed E-state index contributed by atoms with van der Waals surface area (Å²) in [5.41, 5.74) is 0.876. The van der Waals surface area contributed by atoms with Crippen molar-refractivity contribution in [2.75, 3.05) is 24.5 Å². The minimum absolute atomic E-state index is 0.0689. The molecular weight excluding hydrogens is 467 g/mol. The largest absolute Gasteiger partial charge is 0.367 e. The topological polar surface area (TPSA) is 92.7 Å². The zero-order chi connectivity index (χ0) is 23.4. The van der Waals surface area contributed by atoms with E-state index in [1.165, 1.54) is 40.9 Å². The van der Waals surface area contributed by atoms with Gasteiger partial charge in [0.05, 0.1) is 18.0 Å². The molecule has 174 valence electrons. The maximum absolute atomic E-state index is 13.4. The van der Waals surface area contributed by atoms with E-state index in [0.717, 1.165) is 5.56 Å². The van der Waals surface area contributed by atoms with E-state index in [0.29, 0.717) is 23.9 Å². The number of aromatic nitrogens is 2. The van der Waals surface area contributed by atoms with E-state index in [2.05, 4.69) is 9.36 Å². The van der Waals surface area contributed by atoms with Crippen molar-refractivity contribution in [3.63, 3.8) is 0 Å². The van der Waals surface area contributed by atoms with Crippen molar-refractivity contribution in [1.29, 1.82) is 0 Å². The molecule has 8 nitrogen and oxygen atoms in total. The van der Waals surface area contributed by atoms with E-state index in [9.17, 15) is 17.6 Å². The molecule has 1 aromatic heterocycles. The normalized spacial score (nSPS) is 17.2. The van der Waals surface area contributed by atoms with Gasteiger partial charge in [-0.2, -0.15) is 4.37 Å². The Morgan fingerprint density at radius 2 is 1.88 bits per heavy atom. The van der Waals surface area contributed by atoms with Crippen molar-refractivity contribution in [2.24, 2.45) is 0 Å². The number of sulfone groups is 1. The van der Waals surface area contributed by atoms with Gasteiger partial charge < -0.3 is 9.74 Å². The number of rotatable bonds is 7. The van der Waals surface area contributed by atoms with Gasteiger partial charge in [0.25, 0.3) is 0 Å². The Balaban J connectivity index is 1.56. The molecule has 1 aliphatic heterocycles. The molecule has 1 atom stereocenters. The lowest BCUT2D eigenvalue weighted by atomic mass is 10.1. The predicted molar refractivity (Wildman–Crippen MR) is 122 cm³/mol. The van der Waals surface area contributed by atoms with Crippen molar-refractivity contribution < 1.29 is 22.4 Å². The molecule has 0 bridgehead atoms. The van der Waals surface area contributed by atoms with Crippen molar-refractivity contribution in [3.05, 3.63) is 71.8 Å². The molecule has 4 rings (SSSR count). The number of carbonyl (C=O) groups is 1. The third-order valence-electron chi connectivity index (χ3n) is 5.23. The molecule has 2 aromatic carbocycles. The lowest BCUT2D eigenvalue weighted by Crippen LogP contribution is -2.56. The van der Waals surface area contributed by atoms with E-state index < -0.39 is 21.2 Å². The van der Waals surface area contributed by atoms with Crippen LogP contribution in [0.1, 0.15) is 24.7 Å². The zero-order valence-corrected chi connectivity index (χ0v) is 19.6. The van der Waals surface area contributed by atoms with Gasteiger partial charge in [-0.25, -0.2) is 17.8 Å². The Hall–Kier alpha value is -2.89. The fourth-order valence-corrected chi connectivity index (χ4v) is 5.86. The summed E-state index contributed by atoms with van der Waals surface area (Å²) in [5.74, 6) is -0.226. The number of hydroxylamine groups is 2. The summed E-state index contributed by atoms with van der Waals surface area (Å²) >= 11 is 1.18. The first kappa shape index (κ1) is 23.3. The first-order valence-corrected chi connectivity index (χ1v) is 12.8. The standard InChI is InChI=1S/C22H23FN4O4S2/c1-2-21(28)31-27-13-12-26(15-20(27)33(29,30)18-6-4-3-5-7-18)22-24-19(25-32-22)14-16-8-10-17(23)11-9-16/h3-11,20H,2,12-15H2,1H3. The molecular formula is C22H23FN4O4S2. The highest BCUT2D eigenvalue weighted by atomic mass is 32.2. The first-order chi connectivity index (χ1) is 15.9. The quantitative estimate of drug-likeness (QED) is 0.499. The van der Waals surface area contributed by atoms with Crippen molar-refractivity contribution in [2.45, 2.75) is 30.0 Å². The molecule has 1 aliphatic rings. The SMILES string of the molecule is CCC(=O)ON1CCN(c2nc(Cc3ccc(F)cc3)ns2)CC1S(=O)(=O)c1ccccc1. The molecule has 2 heterocycles. The lowest BCUT2D eigenvalue weighted by molar-refractivity contribution is -0.195. The molecule has 1 fully saturated rings. The Kier molecular flexibility index (Phi) is 7.01. The van der Waals surface area contributed by atoms with Gasteiger partial charge in [-0.1, -0.05) is 37.3 Å². The molecule has 0 saturated carbocycles. The molecule has 0 amide bonds. The second-order valence-electron chi connectivity index (χ2n) is 7.51. The van der Waals surface area contributed by atoms with E-state index in [1.54, 1.807) is 37.3 Å². The minimum Gasteiger partial charge on any atom is -0.367 e. The molecule has 1 saturated heterocycles. The highest BCUT2D eigenvalue weighted by Gasteiger charge is 2.40. The van der Waals surface area contributed by atoms with Gasteiger partial charge in [0, 0.05) is 30.9 Å². The molecule has 1 unspecified atom stereocenters. The molecule has 33 heavy (non-hydrogen) atoms. The number of piperazine rings is 1. The molecule has 0 N–H and O–H groups in total. The number of nitrogens with zero attached hydrogens (tertiary/aromatic N) is 4. The summed E-state index contributed by atoms with van der Waals surface area (Å²) in [7, 11) is -3.82. The molecule has 11 heteroatoms. The number of anilines is 1. The summed E-state index contributed by atoms with van der Waals surface area (Å²) in [6, 6.07) is 14.2. The van der Waals surface area contributed by atoms with Gasteiger partial charge >= 0.3 is 5.97 Å². The summed E-state index contributed by atoms with van der Waals surface area (Å²) in [5, 5.41) is 0.751. The van der Waals surface area contributed by atoms with Crippen molar-refractivity contribution in [1.82, 2.24) is 14.4 Å². The number of carbonyl (C=O) groups excluding carboxylic acids is 1. The van der Waals surface area contributed by atoms with Gasteiger partial charge in [0.15, 0.2) is 15.2 Å². The van der Waals surface area contributed by atoms with E-state index in [4.69, 9.17) is 4.84 Å². The molecule has 0 spiro atoms. The molecule has 3 aromatic rings. The van der Waals surface area contributed by atoms with Crippen LogP contribution in [0, 0.1) is 5.82 Å². The fraction of sp³-hybridized carbons (Fsp3) is 0.318. The third-order valence-corrected chi connectivity index (χ3v) is 8.07. The second kappa shape index (κ2) is 9.94. The number of halogens is 1. The van der Waals surface area contributed by atoms with Crippen LogP contribution in [0.3, 0.4) is 0 Å². The van der Waals surface area contributed by atoms with E-state index in [1.807, 2.05) is 4.90 Å². The van der Waals surface area contributed by atoms with E-state index >= 15 is 0 Å². The Morgan fingerprint density at radius 1 is 1.15 bits per heavy atom. The third kappa shape index (κ3) is 5.37. The summed E-state index contributed by atoms with van der Waals surface area (Å²) in [6.45, 7) is 2.35. The van der Waals surface area contributed by atoms with E-state index in [-0.39, 0.29) is 30.2 Å². The van der Waals surface area contributed by atoms with Gasteiger partial charge in [0.2, 0.25) is 5.13 Å². The zero-order valence-electron chi connectivity index (χ0n) is 17.9. The van der Waals surface area contributed by atoms with Crippen LogP contribution in [0.2, 0.25) is 0 Å². The van der Waals surface area contributed by atoms with Crippen LogP contribution in [0.15, 0.2) is 59.5 Å². The first-order valence-electron chi connectivity index (χ1n) is 10.4. The van der Waals surface area contributed by atoms with Gasteiger partial charge in [0.1, 0.15) is 11.6 Å². The Labute approximate surface area is 195 Å². The number of hydrogen-bond acceptors (Lipinski definition) is 9.